The van der Waals surface area contributed by atoms with Crippen molar-refractivity contribution in [2.24, 2.45) is 0 Å². The van der Waals surface area contributed by atoms with Crippen LogP contribution in [0.3, 0.4) is 0 Å². The summed E-state index contributed by atoms with van der Waals surface area (Å²) < 4.78 is 104. The molecular weight excluding hydrogens is 753 g/mol. The third-order valence-electron chi connectivity index (χ3n) is 7.53. The average Bonchev–Trinajstić information content (AvgIpc) is 3.14. The first-order valence-corrected chi connectivity index (χ1v) is 16.1. The fraction of sp³-hybridized carbons (Fsp3) is 0.0769. The Kier molecular flexibility index (Phi) is 12.4. The van der Waals surface area contributed by atoms with Crippen LogP contribution in [0, 0.1) is 23.3 Å². The second kappa shape index (κ2) is 17.3. The van der Waals surface area contributed by atoms with Gasteiger partial charge in [0.2, 0.25) is 0 Å². The van der Waals surface area contributed by atoms with Crippen molar-refractivity contribution in [1.82, 2.24) is 9.97 Å². The molecule has 10 nitrogen and oxygen atoms in total. The van der Waals surface area contributed by atoms with Gasteiger partial charge in [-0.2, -0.15) is 0 Å². The molecule has 2 aromatic heterocycles. The van der Waals surface area contributed by atoms with E-state index in [4.69, 9.17) is 14.9 Å². The SMILES string of the molecule is CCOc1cccc(-c2cc(F)c(Nc3ncccc3C(=O)O)c(F)c2)c1.O=C(O)c1cccnc1Nc1c(F)cc(-c2cccc(OC(F)(F)F)c2)cc1F. The van der Waals surface area contributed by atoms with E-state index in [0.29, 0.717) is 23.5 Å². The van der Waals surface area contributed by atoms with Crippen molar-refractivity contribution >= 4 is 34.9 Å². The highest BCUT2D eigenvalue weighted by Gasteiger charge is 2.31. The van der Waals surface area contributed by atoms with Crippen LogP contribution in [0.15, 0.2) is 109 Å². The van der Waals surface area contributed by atoms with Gasteiger partial charge in [-0.25, -0.2) is 37.1 Å². The van der Waals surface area contributed by atoms with Crippen molar-refractivity contribution in [1.29, 1.82) is 0 Å². The number of alkyl halides is 3. The van der Waals surface area contributed by atoms with Crippen LogP contribution in [0.1, 0.15) is 27.6 Å². The Bertz CT molecular complexity index is 2350. The number of halogens is 7. The van der Waals surface area contributed by atoms with E-state index in [2.05, 4.69) is 25.3 Å². The van der Waals surface area contributed by atoms with E-state index in [-0.39, 0.29) is 33.9 Å². The molecule has 0 aliphatic rings. The van der Waals surface area contributed by atoms with E-state index in [0.717, 1.165) is 24.3 Å². The van der Waals surface area contributed by atoms with Crippen LogP contribution in [0.5, 0.6) is 11.5 Å². The average molecular weight is 781 g/mol. The van der Waals surface area contributed by atoms with Gasteiger partial charge < -0.3 is 30.3 Å². The monoisotopic (exact) mass is 780 g/mol. The lowest BCUT2D eigenvalue weighted by molar-refractivity contribution is -0.274. The minimum atomic E-state index is -4.91. The predicted octanol–water partition coefficient (Wildman–Crippen LogP) is 10.2. The number of benzene rings is 4. The minimum Gasteiger partial charge on any atom is -0.494 e. The van der Waals surface area contributed by atoms with E-state index in [1.54, 1.807) is 24.3 Å². The number of pyridine rings is 2. The topological polar surface area (TPSA) is 143 Å². The molecule has 56 heavy (non-hydrogen) atoms. The summed E-state index contributed by atoms with van der Waals surface area (Å²) >= 11 is 0. The van der Waals surface area contributed by atoms with Crippen LogP contribution >= 0.6 is 0 Å². The molecule has 0 bridgehead atoms. The number of hydrogen-bond donors (Lipinski definition) is 4. The molecule has 0 saturated heterocycles. The van der Waals surface area contributed by atoms with Gasteiger partial charge >= 0.3 is 18.3 Å². The lowest BCUT2D eigenvalue weighted by Gasteiger charge is -2.13. The van der Waals surface area contributed by atoms with Gasteiger partial charge in [0, 0.05) is 12.4 Å². The number of carboxylic acid groups (broad SMARTS) is 2. The first-order valence-electron chi connectivity index (χ1n) is 16.1. The Morgan fingerprint density at radius 3 is 1.41 bits per heavy atom. The summed E-state index contributed by atoms with van der Waals surface area (Å²) in [5.74, 6) is -6.89. The normalized spacial score (nSPS) is 10.9. The lowest BCUT2D eigenvalue weighted by atomic mass is 10.0. The van der Waals surface area contributed by atoms with Crippen LogP contribution in [0.2, 0.25) is 0 Å². The zero-order chi connectivity index (χ0) is 40.6. The van der Waals surface area contributed by atoms with Gasteiger partial charge in [0.1, 0.15) is 68.9 Å². The van der Waals surface area contributed by atoms with Gasteiger partial charge in [-0.3, -0.25) is 0 Å². The summed E-state index contributed by atoms with van der Waals surface area (Å²) in [6.45, 7) is 2.32. The third kappa shape index (κ3) is 10.1. The Morgan fingerprint density at radius 2 is 1.02 bits per heavy atom. The molecule has 4 aromatic carbocycles. The molecule has 6 aromatic rings. The van der Waals surface area contributed by atoms with Crippen molar-refractivity contribution in [3.8, 4) is 33.8 Å². The van der Waals surface area contributed by atoms with Crippen LogP contribution < -0.4 is 20.1 Å². The number of rotatable bonds is 11. The molecule has 0 spiro atoms. The molecule has 6 rings (SSSR count). The largest absolute Gasteiger partial charge is 0.573 e. The molecule has 288 valence electrons. The molecule has 0 aliphatic heterocycles. The molecule has 0 amide bonds. The number of ether oxygens (including phenoxy) is 2. The maximum atomic E-state index is 14.6. The quantitative estimate of drug-likeness (QED) is 0.0938. The number of aromatic nitrogens is 2. The highest BCUT2D eigenvalue weighted by Crippen LogP contribution is 2.34. The summed E-state index contributed by atoms with van der Waals surface area (Å²) in [5, 5.41) is 23.0. The summed E-state index contributed by atoms with van der Waals surface area (Å²) in [5.41, 5.74) is -0.653. The smallest absolute Gasteiger partial charge is 0.494 e. The standard InChI is InChI=1S/C20H16F2N2O3.C19H11F5N2O3/c1-2-27-14-6-3-5-12(9-14)13-10-16(21)18(17(22)11-13)24-19-15(20(25)26)7-4-8-23-19;20-14-8-11(10-3-1-4-12(7-10)29-19(22,23)24)9-15(21)16(14)26-17-13(18(27)28)5-2-6-25-17/h3-11H,2H2,1H3,(H,23,24)(H,25,26);1-9H,(H,25,26)(H,27,28). The van der Waals surface area contributed by atoms with Gasteiger partial charge in [-0.15, -0.1) is 13.2 Å². The number of carbonyl (C=O) groups is 2. The van der Waals surface area contributed by atoms with E-state index in [9.17, 15) is 40.3 Å². The highest BCUT2D eigenvalue weighted by atomic mass is 19.4. The number of anilines is 4. The fourth-order valence-corrected chi connectivity index (χ4v) is 5.12. The van der Waals surface area contributed by atoms with Crippen molar-refractivity contribution in [3.05, 3.63) is 144 Å². The van der Waals surface area contributed by atoms with Crippen LogP contribution in [-0.2, 0) is 0 Å². The summed E-state index contributed by atoms with van der Waals surface area (Å²) in [4.78, 5) is 30.0. The second-order valence-electron chi connectivity index (χ2n) is 11.3. The molecule has 4 N–H and O–H groups in total. The Labute approximate surface area is 312 Å². The number of hydrogen-bond acceptors (Lipinski definition) is 8. The number of aromatic carboxylic acids is 2. The number of carboxylic acids is 2. The minimum absolute atomic E-state index is 0.0438. The third-order valence-corrected chi connectivity index (χ3v) is 7.53. The molecule has 0 radical (unpaired) electrons. The molecule has 0 aliphatic carbocycles. The molecule has 0 atom stereocenters. The van der Waals surface area contributed by atoms with Crippen LogP contribution in [0.25, 0.3) is 22.3 Å². The molecule has 0 saturated carbocycles. The van der Waals surface area contributed by atoms with Gasteiger partial charge in [-0.1, -0.05) is 24.3 Å². The highest BCUT2D eigenvalue weighted by molar-refractivity contribution is 5.94. The van der Waals surface area contributed by atoms with Gasteiger partial charge in [0.15, 0.2) is 0 Å². The summed E-state index contributed by atoms with van der Waals surface area (Å²) in [7, 11) is 0. The molecule has 0 unspecified atom stereocenters. The molecular formula is C39H27F7N4O6. The van der Waals surface area contributed by atoms with Gasteiger partial charge in [-0.05, 0) is 102 Å². The Morgan fingerprint density at radius 1 is 0.607 bits per heavy atom. The van der Waals surface area contributed by atoms with Gasteiger partial charge in [0.05, 0.1) is 6.61 Å². The zero-order valence-corrected chi connectivity index (χ0v) is 28.7. The first kappa shape index (κ1) is 40.0. The van der Waals surface area contributed by atoms with Crippen molar-refractivity contribution < 1.29 is 60.0 Å². The number of nitrogens with one attached hydrogen (secondary N) is 2. The predicted molar refractivity (Wildman–Crippen MR) is 190 cm³/mol. The van der Waals surface area contributed by atoms with Crippen LogP contribution in [0.4, 0.5) is 53.7 Å². The first-order chi connectivity index (χ1) is 26.6. The Balaban J connectivity index is 0.000000215. The van der Waals surface area contributed by atoms with Gasteiger partial charge in [0.25, 0.3) is 0 Å². The molecule has 2 heterocycles. The zero-order valence-electron chi connectivity index (χ0n) is 28.7. The lowest BCUT2D eigenvalue weighted by Crippen LogP contribution is -2.17. The van der Waals surface area contributed by atoms with E-state index < -0.39 is 58.7 Å². The van der Waals surface area contributed by atoms with Crippen molar-refractivity contribution in [2.45, 2.75) is 13.3 Å². The van der Waals surface area contributed by atoms with Crippen LogP contribution in [-0.4, -0.2) is 45.1 Å². The van der Waals surface area contributed by atoms with E-state index in [1.807, 2.05) is 6.92 Å². The van der Waals surface area contributed by atoms with E-state index >= 15 is 0 Å². The Hall–Kier alpha value is -7.17. The number of nitrogens with zero attached hydrogens (tertiary/aromatic N) is 2. The van der Waals surface area contributed by atoms with Crippen molar-refractivity contribution in [2.75, 3.05) is 17.2 Å². The van der Waals surface area contributed by atoms with E-state index in [1.165, 1.54) is 60.9 Å². The van der Waals surface area contributed by atoms with Crippen molar-refractivity contribution in [3.63, 3.8) is 0 Å². The summed E-state index contributed by atoms with van der Waals surface area (Å²) in [6, 6.07) is 20.9. The second-order valence-corrected chi connectivity index (χ2v) is 11.3. The maximum absolute atomic E-state index is 14.6. The fourth-order valence-electron chi connectivity index (χ4n) is 5.12. The molecule has 17 heteroatoms. The molecule has 0 fully saturated rings. The summed E-state index contributed by atoms with van der Waals surface area (Å²) in [6.07, 6.45) is -2.34. The maximum Gasteiger partial charge on any atom is 0.573 e.